The number of methoxy groups -OCH3 is 2. The highest BCUT2D eigenvalue weighted by molar-refractivity contribution is 5.89. The zero-order chi connectivity index (χ0) is 18.3. The first-order valence-electron chi connectivity index (χ1n) is 9.61. The van der Waals surface area contributed by atoms with E-state index in [2.05, 4.69) is 6.92 Å². The van der Waals surface area contributed by atoms with Crippen LogP contribution in [0, 0.1) is 0 Å². The number of unbranched alkanes of at least 4 members (excludes halogenated alkanes) is 7. The second-order valence-corrected chi connectivity index (χ2v) is 6.49. The smallest absolute Gasteiger partial charge is 0.160 e. The average molecular weight is 347 g/mol. The summed E-state index contributed by atoms with van der Waals surface area (Å²) in [5.41, 5.74) is 1.11. The number of carbonyl (C=O) groups is 1. The van der Waals surface area contributed by atoms with Crippen molar-refractivity contribution in [3.63, 3.8) is 0 Å². The van der Waals surface area contributed by atoms with Crippen LogP contribution in [0.1, 0.15) is 70.3 Å². The summed E-state index contributed by atoms with van der Waals surface area (Å²) in [5, 5.41) is 0. The molecule has 0 fully saturated rings. The molecule has 0 aliphatic rings. The van der Waals surface area contributed by atoms with Crippen LogP contribution in [0.3, 0.4) is 0 Å². The molecular weight excluding hydrogens is 312 g/mol. The van der Waals surface area contributed by atoms with E-state index in [-0.39, 0.29) is 5.78 Å². The van der Waals surface area contributed by atoms with Crippen molar-refractivity contribution in [3.05, 3.63) is 35.9 Å². The number of ketones is 1. The molecular formula is C22H34O3. The lowest BCUT2D eigenvalue weighted by Crippen LogP contribution is -1.94. The van der Waals surface area contributed by atoms with E-state index in [1.54, 1.807) is 20.3 Å². The Balaban J connectivity index is 2.20. The van der Waals surface area contributed by atoms with Crippen LogP contribution in [0.4, 0.5) is 0 Å². The summed E-state index contributed by atoms with van der Waals surface area (Å²) in [4.78, 5) is 11.9. The van der Waals surface area contributed by atoms with Crippen LogP contribution in [0.5, 0.6) is 11.5 Å². The van der Waals surface area contributed by atoms with Gasteiger partial charge in [0.25, 0.3) is 0 Å². The zero-order valence-corrected chi connectivity index (χ0v) is 16.2. The molecule has 0 unspecified atom stereocenters. The van der Waals surface area contributed by atoms with Crippen LogP contribution in [-0.2, 0) is 11.2 Å². The quantitative estimate of drug-likeness (QED) is 0.311. The van der Waals surface area contributed by atoms with Gasteiger partial charge in [-0.25, -0.2) is 0 Å². The second kappa shape index (κ2) is 13.5. The number of hydrogen-bond acceptors (Lipinski definition) is 3. The Bertz CT molecular complexity index is 520. The summed E-state index contributed by atoms with van der Waals surface area (Å²) in [7, 11) is 3.26. The Morgan fingerprint density at radius 1 is 0.920 bits per heavy atom. The Morgan fingerprint density at radius 2 is 1.56 bits per heavy atom. The summed E-state index contributed by atoms with van der Waals surface area (Å²) in [6.07, 6.45) is 15.1. The van der Waals surface area contributed by atoms with Crippen molar-refractivity contribution in [2.45, 2.75) is 71.1 Å². The van der Waals surface area contributed by atoms with Crippen molar-refractivity contribution >= 4 is 5.78 Å². The van der Waals surface area contributed by atoms with E-state index < -0.39 is 0 Å². The van der Waals surface area contributed by atoms with Crippen molar-refractivity contribution in [2.24, 2.45) is 0 Å². The lowest BCUT2D eigenvalue weighted by atomic mass is 10.1. The fraction of sp³-hybridized carbons (Fsp3) is 0.591. The van der Waals surface area contributed by atoms with Crippen LogP contribution in [0.25, 0.3) is 0 Å². The van der Waals surface area contributed by atoms with Gasteiger partial charge < -0.3 is 9.47 Å². The van der Waals surface area contributed by atoms with Crippen molar-refractivity contribution in [1.29, 1.82) is 0 Å². The van der Waals surface area contributed by atoms with E-state index in [1.165, 1.54) is 44.9 Å². The topological polar surface area (TPSA) is 35.5 Å². The van der Waals surface area contributed by atoms with Crippen LogP contribution in [0.15, 0.2) is 30.4 Å². The Labute approximate surface area is 153 Å². The average Bonchev–Trinajstić information content (AvgIpc) is 2.63. The molecule has 0 N–H and O–H groups in total. The minimum absolute atomic E-state index is 0.228. The van der Waals surface area contributed by atoms with Crippen molar-refractivity contribution in [3.8, 4) is 11.5 Å². The molecule has 0 bridgehead atoms. The Morgan fingerprint density at radius 3 is 2.20 bits per heavy atom. The lowest BCUT2D eigenvalue weighted by Gasteiger charge is -2.08. The summed E-state index contributed by atoms with van der Waals surface area (Å²) >= 11 is 0. The maximum atomic E-state index is 11.9. The van der Waals surface area contributed by atoms with Gasteiger partial charge >= 0.3 is 0 Å². The first-order valence-corrected chi connectivity index (χ1v) is 9.61. The number of ether oxygens (including phenoxy) is 2. The van der Waals surface area contributed by atoms with Gasteiger partial charge in [-0.2, -0.15) is 0 Å². The number of carbonyl (C=O) groups excluding carboxylic acids is 1. The molecule has 3 heteroatoms. The summed E-state index contributed by atoms with van der Waals surface area (Å²) < 4.78 is 10.5. The molecule has 0 aliphatic carbocycles. The maximum absolute atomic E-state index is 11.9. The third kappa shape index (κ3) is 9.33. The largest absolute Gasteiger partial charge is 0.493 e. The monoisotopic (exact) mass is 346 g/mol. The highest BCUT2D eigenvalue weighted by Gasteiger charge is 2.03. The van der Waals surface area contributed by atoms with E-state index >= 15 is 0 Å². The molecule has 25 heavy (non-hydrogen) atoms. The molecule has 0 amide bonds. The molecule has 0 aliphatic heterocycles. The van der Waals surface area contributed by atoms with Gasteiger partial charge in [-0.05, 0) is 36.6 Å². The van der Waals surface area contributed by atoms with E-state index in [0.29, 0.717) is 6.42 Å². The molecule has 0 heterocycles. The normalized spacial score (nSPS) is 11.0. The SMILES string of the molecule is CCCCCCCCCCC(=O)C=CCc1ccc(OC)c(OC)c1. The minimum atomic E-state index is 0.228. The molecule has 1 aromatic rings. The van der Waals surface area contributed by atoms with Gasteiger partial charge in [0, 0.05) is 6.42 Å². The van der Waals surface area contributed by atoms with Gasteiger partial charge in [0.15, 0.2) is 17.3 Å². The molecule has 0 saturated carbocycles. The summed E-state index contributed by atoms with van der Waals surface area (Å²) in [6, 6.07) is 5.84. The molecule has 1 aromatic carbocycles. The minimum Gasteiger partial charge on any atom is -0.493 e. The Kier molecular flexibility index (Phi) is 11.5. The third-order valence-electron chi connectivity index (χ3n) is 4.38. The molecule has 0 radical (unpaired) electrons. The van der Waals surface area contributed by atoms with Gasteiger partial charge in [-0.3, -0.25) is 4.79 Å². The zero-order valence-electron chi connectivity index (χ0n) is 16.2. The first kappa shape index (κ1) is 21.3. The highest BCUT2D eigenvalue weighted by Crippen LogP contribution is 2.27. The molecule has 3 nitrogen and oxygen atoms in total. The number of hydrogen-bond donors (Lipinski definition) is 0. The predicted molar refractivity (Wildman–Crippen MR) is 105 cm³/mol. The molecule has 0 atom stereocenters. The number of benzene rings is 1. The molecule has 0 aromatic heterocycles. The molecule has 1 rings (SSSR count). The molecule has 140 valence electrons. The van der Waals surface area contributed by atoms with Gasteiger partial charge in [0.2, 0.25) is 0 Å². The van der Waals surface area contributed by atoms with Crippen LogP contribution < -0.4 is 9.47 Å². The fourth-order valence-electron chi connectivity index (χ4n) is 2.85. The van der Waals surface area contributed by atoms with Gasteiger partial charge in [-0.1, -0.05) is 64.0 Å². The van der Waals surface area contributed by atoms with Gasteiger partial charge in [0.05, 0.1) is 14.2 Å². The number of rotatable bonds is 14. The van der Waals surface area contributed by atoms with Gasteiger partial charge in [0.1, 0.15) is 0 Å². The van der Waals surface area contributed by atoms with E-state index in [9.17, 15) is 4.79 Å². The number of allylic oxidation sites excluding steroid dienone is 2. The maximum Gasteiger partial charge on any atom is 0.160 e. The van der Waals surface area contributed by atoms with E-state index in [1.807, 2.05) is 24.3 Å². The molecule has 0 saturated heterocycles. The van der Waals surface area contributed by atoms with E-state index in [4.69, 9.17) is 9.47 Å². The fourth-order valence-corrected chi connectivity index (χ4v) is 2.85. The predicted octanol–water partition coefficient (Wildman–Crippen LogP) is 5.90. The van der Waals surface area contributed by atoms with E-state index in [0.717, 1.165) is 29.9 Å². The van der Waals surface area contributed by atoms with Crippen molar-refractivity contribution in [1.82, 2.24) is 0 Å². The van der Waals surface area contributed by atoms with Crippen molar-refractivity contribution in [2.75, 3.05) is 14.2 Å². The summed E-state index contributed by atoms with van der Waals surface area (Å²) in [6.45, 7) is 2.24. The first-order chi connectivity index (χ1) is 12.2. The summed E-state index contributed by atoms with van der Waals surface area (Å²) in [5.74, 6) is 1.67. The Hall–Kier alpha value is -1.77. The van der Waals surface area contributed by atoms with Crippen molar-refractivity contribution < 1.29 is 14.3 Å². The van der Waals surface area contributed by atoms with Gasteiger partial charge in [-0.15, -0.1) is 0 Å². The van der Waals surface area contributed by atoms with Crippen LogP contribution in [-0.4, -0.2) is 20.0 Å². The third-order valence-corrected chi connectivity index (χ3v) is 4.38. The van der Waals surface area contributed by atoms with Crippen LogP contribution in [0.2, 0.25) is 0 Å². The van der Waals surface area contributed by atoms with Crippen LogP contribution >= 0.6 is 0 Å². The highest BCUT2D eigenvalue weighted by atomic mass is 16.5. The molecule has 0 spiro atoms. The second-order valence-electron chi connectivity index (χ2n) is 6.49. The standard InChI is InChI=1S/C22H34O3/c1-4-5-6-7-8-9-10-11-14-20(23)15-12-13-19-16-17-21(24-2)22(18-19)25-3/h12,15-18H,4-11,13-14H2,1-3H3. The lowest BCUT2D eigenvalue weighted by molar-refractivity contribution is -0.114.